The van der Waals surface area contributed by atoms with Gasteiger partial charge >= 0.3 is 0 Å². The molecule has 9 heteroatoms. The van der Waals surface area contributed by atoms with Crippen LogP contribution in [-0.4, -0.2) is 69.0 Å². The first kappa shape index (κ1) is 18.8. The molecule has 0 saturated carbocycles. The number of amides is 2. The molecule has 0 unspecified atom stereocenters. The molecule has 0 spiro atoms. The molecule has 1 fully saturated rings. The average Bonchev–Trinajstić information content (AvgIpc) is 3.44. The van der Waals surface area contributed by atoms with Gasteiger partial charge in [-0.15, -0.1) is 0 Å². The Hall–Kier alpha value is -3.20. The van der Waals surface area contributed by atoms with Crippen molar-refractivity contribution in [2.45, 2.75) is 26.3 Å². The van der Waals surface area contributed by atoms with Gasteiger partial charge in [-0.3, -0.25) is 14.5 Å². The lowest BCUT2D eigenvalue weighted by molar-refractivity contribution is -0.117. The molecule has 1 N–H and O–H groups in total. The first-order valence-corrected chi connectivity index (χ1v) is 10.3. The van der Waals surface area contributed by atoms with Crippen molar-refractivity contribution in [2.24, 2.45) is 0 Å². The number of fused-ring (bicyclic) bond motifs is 3. The van der Waals surface area contributed by atoms with E-state index in [2.05, 4.69) is 20.0 Å². The Kier molecular flexibility index (Phi) is 4.74. The molecule has 2 aromatic heterocycles. The van der Waals surface area contributed by atoms with Gasteiger partial charge in [0.2, 0.25) is 5.91 Å². The quantitative estimate of drug-likeness (QED) is 0.706. The molecule has 2 amide bonds. The molecule has 1 saturated heterocycles. The number of imidazole rings is 1. The summed E-state index contributed by atoms with van der Waals surface area (Å²) in [5, 5.41) is 6.50. The monoisotopic (exact) mass is 408 g/mol. The van der Waals surface area contributed by atoms with Crippen LogP contribution in [0, 0.1) is 6.92 Å². The lowest BCUT2D eigenvalue weighted by atomic mass is 10.1. The standard InChI is InChI=1S/C21H24N6O3/c1-14-11-18(24-30-14)23-20(28)13-25-7-9-26(10-8-25)21(29)15-4-5-16-17(12-15)27-6-2-3-19(27)22-16/h4-5,11-12H,2-3,6-10,13H2,1H3,(H,23,24,28). The van der Waals surface area contributed by atoms with E-state index in [0.717, 1.165) is 36.2 Å². The highest BCUT2D eigenvalue weighted by Gasteiger charge is 2.25. The molecule has 3 aromatic rings. The maximum Gasteiger partial charge on any atom is 0.254 e. The van der Waals surface area contributed by atoms with Crippen LogP contribution in [0.4, 0.5) is 5.82 Å². The third-order valence-electron chi connectivity index (χ3n) is 5.78. The van der Waals surface area contributed by atoms with E-state index < -0.39 is 0 Å². The highest BCUT2D eigenvalue weighted by Crippen LogP contribution is 2.24. The fourth-order valence-electron chi connectivity index (χ4n) is 4.24. The first-order valence-electron chi connectivity index (χ1n) is 10.3. The summed E-state index contributed by atoms with van der Waals surface area (Å²) >= 11 is 0. The number of aromatic nitrogens is 3. The van der Waals surface area contributed by atoms with E-state index in [0.29, 0.717) is 43.3 Å². The maximum atomic E-state index is 13.0. The Balaban J connectivity index is 1.19. The van der Waals surface area contributed by atoms with Crippen molar-refractivity contribution in [3.8, 4) is 0 Å². The number of carbonyl (C=O) groups excluding carboxylic acids is 2. The molecule has 0 aliphatic carbocycles. The molecule has 0 bridgehead atoms. The van der Waals surface area contributed by atoms with Gasteiger partial charge in [-0.25, -0.2) is 4.98 Å². The van der Waals surface area contributed by atoms with Crippen LogP contribution in [0.15, 0.2) is 28.8 Å². The first-order chi connectivity index (χ1) is 14.6. The van der Waals surface area contributed by atoms with E-state index in [-0.39, 0.29) is 18.4 Å². The highest BCUT2D eigenvalue weighted by molar-refractivity contribution is 5.97. The van der Waals surface area contributed by atoms with Crippen LogP contribution in [0.25, 0.3) is 11.0 Å². The SMILES string of the molecule is Cc1cc(NC(=O)CN2CCN(C(=O)c3ccc4nc5n(c4c3)CCC5)CC2)no1. The van der Waals surface area contributed by atoms with Gasteiger partial charge in [0.1, 0.15) is 11.6 Å². The van der Waals surface area contributed by atoms with Gasteiger partial charge < -0.3 is 19.3 Å². The van der Waals surface area contributed by atoms with E-state index in [1.807, 2.05) is 28.0 Å². The van der Waals surface area contributed by atoms with Crippen molar-refractivity contribution in [3.05, 3.63) is 41.4 Å². The molecule has 1 aromatic carbocycles. The number of piperazine rings is 1. The number of rotatable bonds is 4. The molecule has 9 nitrogen and oxygen atoms in total. The van der Waals surface area contributed by atoms with Gasteiger partial charge in [-0.05, 0) is 31.5 Å². The normalized spacial score (nSPS) is 16.8. The number of hydrogen-bond acceptors (Lipinski definition) is 6. The minimum absolute atomic E-state index is 0.0348. The summed E-state index contributed by atoms with van der Waals surface area (Å²) in [4.78, 5) is 33.8. The van der Waals surface area contributed by atoms with Crippen LogP contribution >= 0.6 is 0 Å². The van der Waals surface area contributed by atoms with Crippen LogP contribution in [0.3, 0.4) is 0 Å². The van der Waals surface area contributed by atoms with Crippen molar-refractivity contribution < 1.29 is 14.1 Å². The summed E-state index contributed by atoms with van der Waals surface area (Å²) in [7, 11) is 0. The van der Waals surface area contributed by atoms with E-state index in [1.54, 1.807) is 13.0 Å². The van der Waals surface area contributed by atoms with Crippen LogP contribution in [0.5, 0.6) is 0 Å². The predicted molar refractivity (Wildman–Crippen MR) is 110 cm³/mol. The summed E-state index contributed by atoms with van der Waals surface area (Å²) in [5.74, 6) is 2.09. The lowest BCUT2D eigenvalue weighted by Crippen LogP contribution is -2.50. The second-order valence-electron chi connectivity index (χ2n) is 7.93. The minimum atomic E-state index is -0.136. The van der Waals surface area contributed by atoms with Gasteiger partial charge in [0.25, 0.3) is 5.91 Å². The molecule has 0 atom stereocenters. The minimum Gasteiger partial charge on any atom is -0.360 e. The lowest BCUT2D eigenvalue weighted by Gasteiger charge is -2.34. The number of anilines is 1. The Morgan fingerprint density at radius 2 is 1.97 bits per heavy atom. The number of nitrogens with zero attached hydrogens (tertiary/aromatic N) is 5. The number of carbonyl (C=O) groups is 2. The van der Waals surface area contributed by atoms with Crippen molar-refractivity contribution in [1.29, 1.82) is 0 Å². The summed E-state index contributed by atoms with van der Waals surface area (Å²) in [6.45, 7) is 5.51. The highest BCUT2D eigenvalue weighted by atomic mass is 16.5. The largest absolute Gasteiger partial charge is 0.360 e. The summed E-state index contributed by atoms with van der Waals surface area (Å²) in [6.07, 6.45) is 2.12. The van der Waals surface area contributed by atoms with Gasteiger partial charge in [0, 0.05) is 50.8 Å². The maximum absolute atomic E-state index is 13.0. The van der Waals surface area contributed by atoms with Gasteiger partial charge in [-0.1, -0.05) is 5.16 Å². The summed E-state index contributed by atoms with van der Waals surface area (Å²) in [6, 6.07) is 7.47. The smallest absolute Gasteiger partial charge is 0.254 e. The zero-order chi connectivity index (χ0) is 20.7. The van der Waals surface area contributed by atoms with Crippen molar-refractivity contribution >= 4 is 28.7 Å². The van der Waals surface area contributed by atoms with Crippen LogP contribution in [0.1, 0.15) is 28.4 Å². The molecule has 156 valence electrons. The van der Waals surface area contributed by atoms with Gasteiger partial charge in [0.15, 0.2) is 5.82 Å². The van der Waals surface area contributed by atoms with Crippen molar-refractivity contribution in [1.82, 2.24) is 24.5 Å². The van der Waals surface area contributed by atoms with Gasteiger partial charge in [-0.2, -0.15) is 0 Å². The zero-order valence-electron chi connectivity index (χ0n) is 16.9. The summed E-state index contributed by atoms with van der Waals surface area (Å²) < 4.78 is 7.18. The molecular formula is C21H24N6O3. The number of nitrogens with one attached hydrogen (secondary N) is 1. The number of benzene rings is 1. The second-order valence-corrected chi connectivity index (χ2v) is 7.93. The molecule has 2 aliphatic rings. The summed E-state index contributed by atoms with van der Waals surface area (Å²) in [5.41, 5.74) is 2.70. The third-order valence-corrected chi connectivity index (χ3v) is 5.78. The van der Waals surface area contributed by atoms with Crippen LogP contribution in [0.2, 0.25) is 0 Å². The number of hydrogen-bond donors (Lipinski definition) is 1. The van der Waals surface area contributed by atoms with E-state index in [9.17, 15) is 9.59 Å². The second kappa shape index (κ2) is 7.56. The van der Waals surface area contributed by atoms with Crippen molar-refractivity contribution in [2.75, 3.05) is 38.0 Å². The molecule has 30 heavy (non-hydrogen) atoms. The van der Waals surface area contributed by atoms with Gasteiger partial charge in [0.05, 0.1) is 17.6 Å². The Morgan fingerprint density at radius 1 is 1.13 bits per heavy atom. The molecule has 0 radical (unpaired) electrons. The topological polar surface area (TPSA) is 96.5 Å². The van der Waals surface area contributed by atoms with E-state index >= 15 is 0 Å². The Labute approximate surface area is 173 Å². The van der Waals surface area contributed by atoms with Crippen LogP contribution < -0.4 is 5.32 Å². The van der Waals surface area contributed by atoms with E-state index in [4.69, 9.17) is 4.52 Å². The van der Waals surface area contributed by atoms with Crippen LogP contribution in [-0.2, 0) is 17.8 Å². The fraction of sp³-hybridized carbons (Fsp3) is 0.429. The predicted octanol–water partition coefficient (Wildman–Crippen LogP) is 1.68. The Morgan fingerprint density at radius 3 is 2.73 bits per heavy atom. The van der Waals surface area contributed by atoms with E-state index in [1.165, 1.54) is 0 Å². The zero-order valence-corrected chi connectivity index (χ0v) is 16.9. The molecular weight excluding hydrogens is 384 g/mol. The van der Waals surface area contributed by atoms with Crippen molar-refractivity contribution in [3.63, 3.8) is 0 Å². The average molecular weight is 408 g/mol. The molecule has 5 rings (SSSR count). The molecule has 4 heterocycles. The molecule has 2 aliphatic heterocycles. The number of aryl methyl sites for hydroxylation is 3. The third kappa shape index (κ3) is 3.56. The Bertz CT molecular complexity index is 1110. The fourth-order valence-corrected chi connectivity index (χ4v) is 4.24.